The Morgan fingerprint density at radius 1 is 1.08 bits per heavy atom. The summed E-state index contributed by atoms with van der Waals surface area (Å²) < 4.78 is 2.03. The minimum atomic E-state index is -0.480. The maximum atomic E-state index is 12.2. The van der Waals surface area contributed by atoms with Crippen molar-refractivity contribution in [2.24, 2.45) is 0 Å². The molecule has 3 rings (SSSR count). The van der Waals surface area contributed by atoms with Crippen molar-refractivity contribution in [1.82, 2.24) is 9.55 Å². The van der Waals surface area contributed by atoms with Gasteiger partial charge in [-0.3, -0.25) is 14.9 Å². The number of nitro groups is 1. The van der Waals surface area contributed by atoms with E-state index < -0.39 is 4.92 Å². The molecule has 1 N–H and O–H groups in total. The van der Waals surface area contributed by atoms with Crippen molar-refractivity contribution in [2.75, 3.05) is 5.32 Å². The van der Waals surface area contributed by atoms with Gasteiger partial charge in [-0.15, -0.1) is 0 Å². The number of rotatable bonds is 5. The number of nitrogens with zero attached hydrogens (tertiary/aromatic N) is 3. The number of aryl methyl sites for hydroxylation is 2. The number of aromatic nitrogens is 2. The highest BCUT2D eigenvalue weighted by Crippen LogP contribution is 2.17. The summed E-state index contributed by atoms with van der Waals surface area (Å²) in [5.74, 6) is 0.537. The van der Waals surface area contributed by atoms with Crippen molar-refractivity contribution < 1.29 is 9.72 Å². The molecule has 0 aliphatic heterocycles. The van der Waals surface area contributed by atoms with Crippen LogP contribution in [0, 0.1) is 24.0 Å². The van der Waals surface area contributed by atoms with Crippen LogP contribution >= 0.6 is 0 Å². The van der Waals surface area contributed by atoms with Crippen molar-refractivity contribution in [1.29, 1.82) is 0 Å². The lowest BCUT2D eigenvalue weighted by Crippen LogP contribution is -2.15. The van der Waals surface area contributed by atoms with E-state index in [1.54, 1.807) is 6.07 Å². The van der Waals surface area contributed by atoms with Gasteiger partial charge >= 0.3 is 0 Å². The zero-order chi connectivity index (χ0) is 18.7. The molecule has 0 aliphatic carbocycles. The van der Waals surface area contributed by atoms with E-state index in [1.165, 1.54) is 24.3 Å². The Hall–Kier alpha value is -3.48. The Morgan fingerprint density at radius 3 is 2.35 bits per heavy atom. The third kappa shape index (κ3) is 3.77. The molecule has 132 valence electrons. The molecule has 0 saturated heterocycles. The second-order valence-corrected chi connectivity index (χ2v) is 5.97. The van der Waals surface area contributed by atoms with Gasteiger partial charge in [0, 0.05) is 29.2 Å². The highest BCUT2D eigenvalue weighted by molar-refractivity contribution is 5.92. The normalized spacial score (nSPS) is 10.5. The SMILES string of the molecule is Cc1ccc(C)n1-c1cccc(CC(=O)Nc2ccc([N+](=O)[O-])cc2)n1. The lowest BCUT2D eigenvalue weighted by molar-refractivity contribution is -0.384. The molecule has 7 heteroatoms. The fourth-order valence-electron chi connectivity index (χ4n) is 2.76. The molecule has 2 aromatic heterocycles. The van der Waals surface area contributed by atoms with Crippen molar-refractivity contribution in [3.63, 3.8) is 0 Å². The fraction of sp³-hybridized carbons (Fsp3) is 0.158. The van der Waals surface area contributed by atoms with Gasteiger partial charge in [-0.25, -0.2) is 4.98 Å². The zero-order valence-electron chi connectivity index (χ0n) is 14.5. The quantitative estimate of drug-likeness (QED) is 0.562. The van der Waals surface area contributed by atoms with Gasteiger partial charge in [0.2, 0.25) is 5.91 Å². The number of non-ortho nitro benzene ring substituents is 1. The molecule has 0 unspecified atom stereocenters. The molecule has 7 nitrogen and oxygen atoms in total. The molecule has 0 bridgehead atoms. The average Bonchev–Trinajstić information content (AvgIpc) is 2.94. The van der Waals surface area contributed by atoms with Crippen molar-refractivity contribution in [3.8, 4) is 5.82 Å². The molecule has 0 radical (unpaired) electrons. The van der Waals surface area contributed by atoms with Gasteiger partial charge < -0.3 is 9.88 Å². The van der Waals surface area contributed by atoms with Crippen molar-refractivity contribution >= 4 is 17.3 Å². The van der Waals surface area contributed by atoms with Gasteiger partial charge in [0.15, 0.2) is 0 Å². The Bertz CT molecular complexity index is 942. The summed E-state index contributed by atoms with van der Waals surface area (Å²) in [6.07, 6.45) is 0.115. The molecule has 1 aromatic carbocycles. The molecular weight excluding hydrogens is 332 g/mol. The van der Waals surface area contributed by atoms with Crippen LogP contribution < -0.4 is 5.32 Å². The molecule has 3 aromatic rings. The molecule has 0 atom stereocenters. The van der Waals surface area contributed by atoms with E-state index in [-0.39, 0.29) is 18.0 Å². The third-order valence-electron chi connectivity index (χ3n) is 4.00. The van der Waals surface area contributed by atoms with Gasteiger partial charge in [-0.2, -0.15) is 0 Å². The smallest absolute Gasteiger partial charge is 0.269 e. The zero-order valence-corrected chi connectivity index (χ0v) is 14.5. The van der Waals surface area contributed by atoms with Crippen LogP contribution in [0.1, 0.15) is 17.1 Å². The predicted octanol–water partition coefficient (Wildman–Crippen LogP) is 3.58. The molecule has 2 heterocycles. The number of amides is 1. The van der Waals surface area contributed by atoms with Crippen LogP contribution in [-0.2, 0) is 11.2 Å². The summed E-state index contributed by atoms with van der Waals surface area (Å²) in [5.41, 5.74) is 3.28. The largest absolute Gasteiger partial charge is 0.326 e. The number of hydrogen-bond donors (Lipinski definition) is 1. The maximum absolute atomic E-state index is 12.2. The van der Waals surface area contributed by atoms with Crippen LogP contribution in [0.4, 0.5) is 11.4 Å². The van der Waals surface area contributed by atoms with E-state index in [0.29, 0.717) is 11.4 Å². The average molecular weight is 350 g/mol. The van der Waals surface area contributed by atoms with E-state index in [1.807, 2.05) is 42.7 Å². The Labute approximate surface area is 150 Å². The van der Waals surface area contributed by atoms with Gasteiger partial charge in [-0.1, -0.05) is 6.07 Å². The van der Waals surface area contributed by atoms with Gasteiger partial charge in [0.25, 0.3) is 5.69 Å². The molecule has 0 aliphatic rings. The van der Waals surface area contributed by atoms with E-state index in [0.717, 1.165) is 17.2 Å². The number of benzene rings is 1. The monoisotopic (exact) mass is 350 g/mol. The molecule has 0 spiro atoms. The number of pyridine rings is 1. The first kappa shape index (κ1) is 17.3. The lowest BCUT2D eigenvalue weighted by atomic mass is 10.2. The first-order valence-electron chi connectivity index (χ1n) is 8.09. The minimum Gasteiger partial charge on any atom is -0.326 e. The van der Waals surface area contributed by atoms with Gasteiger partial charge in [0.05, 0.1) is 17.0 Å². The highest BCUT2D eigenvalue weighted by Gasteiger charge is 2.10. The van der Waals surface area contributed by atoms with E-state index in [4.69, 9.17) is 0 Å². The van der Waals surface area contributed by atoms with Crippen molar-refractivity contribution in [3.05, 3.63) is 81.8 Å². The second-order valence-electron chi connectivity index (χ2n) is 5.97. The number of nitro benzene ring substituents is 1. The standard InChI is InChI=1S/C19H18N4O3/c1-13-6-7-14(2)22(13)18-5-3-4-16(20-18)12-19(24)21-15-8-10-17(11-9-15)23(25)26/h3-11H,12H2,1-2H3,(H,21,24). The number of nitrogens with one attached hydrogen (secondary N) is 1. The van der Waals surface area contributed by atoms with Crippen molar-refractivity contribution in [2.45, 2.75) is 20.3 Å². The lowest BCUT2D eigenvalue weighted by Gasteiger charge is -2.10. The minimum absolute atomic E-state index is 0.0187. The van der Waals surface area contributed by atoms with Crippen LogP contribution in [-0.4, -0.2) is 20.4 Å². The van der Waals surface area contributed by atoms with Crippen LogP contribution in [0.3, 0.4) is 0 Å². The van der Waals surface area contributed by atoms with Crippen LogP contribution in [0.2, 0.25) is 0 Å². The maximum Gasteiger partial charge on any atom is 0.269 e. The Kier molecular flexibility index (Phi) is 4.79. The summed E-state index contributed by atoms with van der Waals surface area (Å²) in [6, 6.07) is 15.3. The first-order chi connectivity index (χ1) is 12.4. The third-order valence-corrected chi connectivity index (χ3v) is 4.00. The molecule has 1 amide bonds. The summed E-state index contributed by atoms with van der Waals surface area (Å²) >= 11 is 0. The fourth-order valence-corrected chi connectivity index (χ4v) is 2.76. The van der Waals surface area contributed by atoms with Gasteiger partial charge in [-0.05, 0) is 50.2 Å². The summed E-state index contributed by atoms with van der Waals surface area (Å²) in [5, 5.41) is 13.4. The Morgan fingerprint density at radius 2 is 1.73 bits per heavy atom. The number of carbonyl (C=O) groups is 1. The number of hydrogen-bond acceptors (Lipinski definition) is 4. The summed E-state index contributed by atoms with van der Waals surface area (Å²) in [6.45, 7) is 4.01. The van der Waals surface area contributed by atoms with Crippen LogP contribution in [0.15, 0.2) is 54.6 Å². The molecule has 0 fully saturated rings. The molecular formula is C19H18N4O3. The first-order valence-corrected chi connectivity index (χ1v) is 8.09. The van der Waals surface area contributed by atoms with Crippen LogP contribution in [0.25, 0.3) is 5.82 Å². The van der Waals surface area contributed by atoms with E-state index in [9.17, 15) is 14.9 Å². The van der Waals surface area contributed by atoms with Crippen LogP contribution in [0.5, 0.6) is 0 Å². The topological polar surface area (TPSA) is 90.1 Å². The highest BCUT2D eigenvalue weighted by atomic mass is 16.6. The van der Waals surface area contributed by atoms with E-state index >= 15 is 0 Å². The number of anilines is 1. The second kappa shape index (κ2) is 7.18. The summed E-state index contributed by atoms with van der Waals surface area (Å²) in [4.78, 5) is 27.0. The molecule has 26 heavy (non-hydrogen) atoms. The Balaban J connectivity index is 1.72. The summed E-state index contributed by atoms with van der Waals surface area (Å²) in [7, 11) is 0. The van der Waals surface area contributed by atoms with E-state index in [2.05, 4.69) is 10.3 Å². The predicted molar refractivity (Wildman–Crippen MR) is 98.5 cm³/mol. The van der Waals surface area contributed by atoms with Gasteiger partial charge in [0.1, 0.15) is 5.82 Å². The molecule has 0 saturated carbocycles. The number of carbonyl (C=O) groups excluding carboxylic acids is 1.